The maximum absolute atomic E-state index is 12.7. The molecular weight excluding hydrogens is 327 g/mol. The van der Waals surface area contributed by atoms with Crippen LogP contribution in [0.2, 0.25) is 0 Å². The van der Waals surface area contributed by atoms with Gasteiger partial charge in [0.1, 0.15) is 0 Å². The number of hydrogen-bond donors (Lipinski definition) is 0. The highest BCUT2D eigenvalue weighted by atomic mass is 32.2. The molecule has 1 amide bonds. The third-order valence-corrected chi connectivity index (χ3v) is 4.71. The summed E-state index contributed by atoms with van der Waals surface area (Å²) in [5, 5.41) is 0. The van der Waals surface area contributed by atoms with Gasteiger partial charge >= 0.3 is 6.18 Å². The number of carbonyl (C=O) groups excluding carboxylic acids is 2. The highest BCUT2D eigenvalue weighted by molar-refractivity contribution is 8.00. The Hall–Kier alpha value is -1.50. The highest BCUT2D eigenvalue weighted by Crippen LogP contribution is 2.33. The van der Waals surface area contributed by atoms with Crippen LogP contribution in [-0.2, 0) is 4.79 Å². The molecule has 0 spiro atoms. The van der Waals surface area contributed by atoms with Crippen LogP contribution in [0.3, 0.4) is 0 Å². The van der Waals surface area contributed by atoms with Gasteiger partial charge in [0.25, 0.3) is 0 Å². The number of hydrogen-bond acceptors (Lipinski definition) is 3. The number of benzene rings is 1. The number of amides is 1. The molecule has 3 nitrogen and oxygen atoms in total. The fourth-order valence-corrected chi connectivity index (χ4v) is 3.31. The topological polar surface area (TPSA) is 37.4 Å². The zero-order valence-corrected chi connectivity index (χ0v) is 13.3. The summed E-state index contributed by atoms with van der Waals surface area (Å²) in [6.45, 7) is 0.0914. The molecule has 1 atom stereocenters. The molecule has 1 saturated heterocycles. The van der Waals surface area contributed by atoms with Crippen LogP contribution < -0.4 is 0 Å². The van der Waals surface area contributed by atoms with E-state index in [2.05, 4.69) is 0 Å². The Labute approximate surface area is 137 Å². The van der Waals surface area contributed by atoms with Crippen LogP contribution >= 0.6 is 11.8 Å². The summed E-state index contributed by atoms with van der Waals surface area (Å²) < 4.78 is 38.2. The Morgan fingerprint density at radius 1 is 1.17 bits per heavy atom. The predicted molar refractivity (Wildman–Crippen MR) is 83.5 cm³/mol. The average Bonchev–Trinajstić information content (AvgIpc) is 2.54. The van der Waals surface area contributed by atoms with Crippen molar-refractivity contribution in [2.75, 3.05) is 24.6 Å². The minimum atomic E-state index is -4.25. The highest BCUT2D eigenvalue weighted by Gasteiger charge is 2.42. The molecule has 1 aliphatic rings. The minimum absolute atomic E-state index is 0.0309. The Morgan fingerprint density at radius 2 is 1.87 bits per heavy atom. The smallest absolute Gasteiger partial charge is 0.341 e. The van der Waals surface area contributed by atoms with Crippen molar-refractivity contribution in [3.63, 3.8) is 0 Å². The van der Waals surface area contributed by atoms with Crippen molar-refractivity contribution in [3.8, 4) is 0 Å². The number of Topliss-reactive ketones (excluding diaryl/α,β-unsaturated/α-hetero) is 1. The lowest BCUT2D eigenvalue weighted by Crippen LogP contribution is -2.45. The Kier molecular flexibility index (Phi) is 6.10. The van der Waals surface area contributed by atoms with E-state index in [1.165, 1.54) is 4.90 Å². The van der Waals surface area contributed by atoms with Crippen molar-refractivity contribution in [3.05, 3.63) is 35.9 Å². The number of likely N-dealkylation sites (tertiary alicyclic amines) is 1. The minimum Gasteiger partial charge on any atom is -0.341 e. The van der Waals surface area contributed by atoms with Crippen LogP contribution in [0, 0.1) is 5.92 Å². The maximum Gasteiger partial charge on any atom is 0.393 e. The normalized spacial score (nSPS) is 18.7. The molecule has 0 aliphatic carbocycles. The molecule has 0 N–H and O–H groups in total. The van der Waals surface area contributed by atoms with Crippen LogP contribution in [0.1, 0.15) is 23.2 Å². The van der Waals surface area contributed by atoms with Gasteiger partial charge in [0.05, 0.1) is 17.4 Å². The SMILES string of the molecule is O=C(CSCC(=O)N1CCC[C@H](C(F)(F)F)C1)c1ccccc1. The quantitative estimate of drug-likeness (QED) is 0.768. The Bertz CT molecular complexity index is 548. The second kappa shape index (κ2) is 7.86. The molecule has 7 heteroatoms. The van der Waals surface area contributed by atoms with E-state index < -0.39 is 12.1 Å². The lowest BCUT2D eigenvalue weighted by atomic mass is 9.97. The number of ketones is 1. The monoisotopic (exact) mass is 345 g/mol. The van der Waals surface area contributed by atoms with Gasteiger partial charge in [-0.2, -0.15) is 13.2 Å². The number of halogens is 3. The number of nitrogens with zero attached hydrogens (tertiary/aromatic N) is 1. The first-order chi connectivity index (χ1) is 10.9. The van der Waals surface area contributed by atoms with E-state index in [1.807, 2.05) is 0 Å². The van der Waals surface area contributed by atoms with Crippen LogP contribution in [0.5, 0.6) is 0 Å². The fraction of sp³-hybridized carbons (Fsp3) is 0.500. The first kappa shape index (κ1) is 17.8. The van der Waals surface area contributed by atoms with Gasteiger partial charge in [-0.1, -0.05) is 30.3 Å². The van der Waals surface area contributed by atoms with Crippen molar-refractivity contribution in [1.29, 1.82) is 0 Å². The zero-order chi connectivity index (χ0) is 16.9. The van der Waals surface area contributed by atoms with E-state index in [0.29, 0.717) is 18.5 Å². The first-order valence-corrected chi connectivity index (χ1v) is 8.54. The third-order valence-electron chi connectivity index (χ3n) is 3.79. The van der Waals surface area contributed by atoms with Crippen LogP contribution in [0.4, 0.5) is 13.2 Å². The molecule has 0 aromatic heterocycles. The Balaban J connectivity index is 1.77. The van der Waals surface area contributed by atoms with E-state index >= 15 is 0 Å². The molecule has 1 aromatic carbocycles. The first-order valence-electron chi connectivity index (χ1n) is 7.38. The molecular formula is C16H18F3NO2S. The van der Waals surface area contributed by atoms with Crippen molar-refractivity contribution < 1.29 is 22.8 Å². The number of piperidine rings is 1. The van der Waals surface area contributed by atoms with E-state index in [0.717, 1.165) is 11.8 Å². The van der Waals surface area contributed by atoms with Crippen LogP contribution in [-0.4, -0.2) is 47.4 Å². The van der Waals surface area contributed by atoms with E-state index in [-0.39, 0.29) is 36.2 Å². The molecule has 1 aromatic rings. The summed E-state index contributed by atoms with van der Waals surface area (Å²) in [5.74, 6) is -1.67. The second-order valence-electron chi connectivity index (χ2n) is 5.50. The van der Waals surface area contributed by atoms with Crippen LogP contribution in [0.25, 0.3) is 0 Å². The maximum atomic E-state index is 12.7. The van der Waals surface area contributed by atoms with Crippen molar-refractivity contribution in [2.45, 2.75) is 19.0 Å². The summed E-state index contributed by atoms with van der Waals surface area (Å²) in [7, 11) is 0. The van der Waals surface area contributed by atoms with E-state index in [4.69, 9.17) is 0 Å². The van der Waals surface area contributed by atoms with Crippen molar-refractivity contribution >= 4 is 23.5 Å². The lowest BCUT2D eigenvalue weighted by Gasteiger charge is -2.33. The predicted octanol–water partition coefficient (Wildman–Crippen LogP) is 3.40. The standard InChI is InChI=1S/C16H18F3NO2S/c17-16(18,19)13-7-4-8-20(9-13)15(22)11-23-10-14(21)12-5-2-1-3-6-12/h1-3,5-6,13H,4,7-11H2/t13-/m0/s1. The van der Waals surface area contributed by atoms with Gasteiger partial charge in [0.15, 0.2) is 5.78 Å². The summed E-state index contributed by atoms with van der Waals surface area (Å²) >= 11 is 1.14. The van der Waals surface area contributed by atoms with Gasteiger partial charge in [-0.25, -0.2) is 0 Å². The zero-order valence-electron chi connectivity index (χ0n) is 12.5. The second-order valence-corrected chi connectivity index (χ2v) is 6.49. The van der Waals surface area contributed by atoms with E-state index in [1.54, 1.807) is 30.3 Å². The molecule has 0 saturated carbocycles. The van der Waals surface area contributed by atoms with E-state index in [9.17, 15) is 22.8 Å². The number of alkyl halides is 3. The molecule has 1 heterocycles. The molecule has 0 bridgehead atoms. The molecule has 2 rings (SSSR count). The van der Waals surface area contributed by atoms with Gasteiger partial charge in [0.2, 0.25) is 5.91 Å². The summed E-state index contributed by atoms with van der Waals surface area (Å²) in [5.41, 5.74) is 0.572. The summed E-state index contributed by atoms with van der Waals surface area (Å²) in [6, 6.07) is 8.72. The number of thioether (sulfide) groups is 1. The fourth-order valence-electron chi connectivity index (χ4n) is 2.50. The average molecular weight is 345 g/mol. The number of carbonyl (C=O) groups is 2. The molecule has 23 heavy (non-hydrogen) atoms. The van der Waals surface area contributed by atoms with Crippen LogP contribution in [0.15, 0.2) is 30.3 Å². The summed E-state index contributed by atoms with van der Waals surface area (Å²) in [4.78, 5) is 25.2. The summed E-state index contributed by atoms with van der Waals surface area (Å²) in [6.07, 6.45) is -3.81. The van der Waals surface area contributed by atoms with Crippen molar-refractivity contribution in [2.24, 2.45) is 5.92 Å². The number of rotatable bonds is 5. The third kappa shape index (κ3) is 5.27. The molecule has 126 valence electrons. The lowest BCUT2D eigenvalue weighted by molar-refractivity contribution is -0.187. The molecule has 1 aliphatic heterocycles. The molecule has 0 radical (unpaired) electrons. The largest absolute Gasteiger partial charge is 0.393 e. The molecule has 1 fully saturated rings. The Morgan fingerprint density at radius 3 is 2.52 bits per heavy atom. The molecule has 0 unspecified atom stereocenters. The van der Waals surface area contributed by atoms with Crippen molar-refractivity contribution in [1.82, 2.24) is 4.90 Å². The van der Waals surface area contributed by atoms with Gasteiger partial charge in [-0.15, -0.1) is 11.8 Å². The van der Waals surface area contributed by atoms with Gasteiger partial charge in [0, 0.05) is 18.7 Å². The van der Waals surface area contributed by atoms with Gasteiger partial charge < -0.3 is 4.90 Å². The van der Waals surface area contributed by atoms with Gasteiger partial charge in [-0.3, -0.25) is 9.59 Å². The van der Waals surface area contributed by atoms with Gasteiger partial charge in [-0.05, 0) is 12.8 Å².